The molecule has 3 heterocycles. The van der Waals surface area contributed by atoms with Crippen LogP contribution in [-0.4, -0.2) is 14.5 Å². The Kier molecular flexibility index (Phi) is 9.50. The van der Waals surface area contributed by atoms with Crippen molar-refractivity contribution in [3.63, 3.8) is 0 Å². The van der Waals surface area contributed by atoms with E-state index in [1.54, 1.807) is 12.1 Å². The summed E-state index contributed by atoms with van der Waals surface area (Å²) in [5.74, 6) is 0.173. The number of para-hydroxylation sites is 2. The predicted octanol–water partition coefficient (Wildman–Crippen LogP) is 13.8. The van der Waals surface area contributed by atoms with Gasteiger partial charge in [0.05, 0.1) is 34.1 Å². The zero-order valence-electron chi connectivity index (χ0n) is 40.0. The van der Waals surface area contributed by atoms with E-state index < -0.39 is 13.7 Å². The molecular weight excluding hydrogens is 920 g/mol. The van der Waals surface area contributed by atoms with E-state index in [-0.39, 0.29) is 70.0 Å². The van der Waals surface area contributed by atoms with E-state index >= 15 is 0 Å². The minimum Gasteiger partial charge on any atom is -0.500 e. The van der Waals surface area contributed by atoms with Crippen LogP contribution in [0.5, 0.6) is 0 Å². The molecule has 1 radical (unpaired) electrons. The molecule has 0 spiro atoms. The SMILES string of the molecule is CC(C)(C)c1ccc(-c2[c-]cc(F)cc2)nc1.[2H]C([2H])([2H])c1c(C#N)ccc2c1oc1c(-c3nc4ccccc4n3-c3ccc(-c4ccccc4)cc3C(C)(C)C)[c-]cc(C([2H])([2H])[2H])c12.[Ir]. The van der Waals surface area contributed by atoms with Gasteiger partial charge in [-0.15, -0.1) is 47.5 Å². The molecule has 7 heteroatoms. The van der Waals surface area contributed by atoms with Gasteiger partial charge in [-0.3, -0.25) is 9.37 Å². The maximum Gasteiger partial charge on any atom is 0.125 e. The number of hydrogen-bond acceptors (Lipinski definition) is 4. The van der Waals surface area contributed by atoms with Crippen molar-refractivity contribution < 1.29 is 37.1 Å². The Labute approximate surface area is 373 Å². The first-order valence-electron chi connectivity index (χ1n) is 22.3. The quantitative estimate of drug-likeness (QED) is 0.165. The number of hydrogen-bond donors (Lipinski definition) is 0. The van der Waals surface area contributed by atoms with Crippen LogP contribution in [0.25, 0.3) is 72.4 Å². The molecular formula is C53H45FIrN4O-2. The molecule has 3 aromatic heterocycles. The van der Waals surface area contributed by atoms with Crippen molar-refractivity contribution in [3.05, 3.63) is 173 Å². The molecule has 0 aliphatic heterocycles. The summed E-state index contributed by atoms with van der Waals surface area (Å²) in [6.45, 7) is 7.63. The van der Waals surface area contributed by atoms with Gasteiger partial charge >= 0.3 is 0 Å². The van der Waals surface area contributed by atoms with Crippen molar-refractivity contribution in [1.29, 1.82) is 5.26 Å². The van der Waals surface area contributed by atoms with Crippen LogP contribution in [0.2, 0.25) is 0 Å². The Balaban J connectivity index is 0.000000303. The number of nitrogens with zero attached hydrogens (tertiary/aromatic N) is 4. The first kappa shape index (κ1) is 34.7. The largest absolute Gasteiger partial charge is 0.500 e. The summed E-state index contributed by atoms with van der Waals surface area (Å²) in [7, 11) is 0. The Morgan fingerprint density at radius 2 is 1.57 bits per heavy atom. The second-order valence-electron chi connectivity index (χ2n) is 16.6. The zero-order valence-corrected chi connectivity index (χ0v) is 36.4. The number of aromatic nitrogens is 3. The third-order valence-corrected chi connectivity index (χ3v) is 10.5. The van der Waals surface area contributed by atoms with Gasteiger partial charge in [-0.1, -0.05) is 126 Å². The number of imidazole rings is 1. The normalized spacial score (nSPS) is 13.5. The fourth-order valence-corrected chi connectivity index (χ4v) is 7.29. The number of benzene rings is 6. The maximum atomic E-state index is 12.8. The van der Waals surface area contributed by atoms with Gasteiger partial charge in [0.1, 0.15) is 5.58 Å². The van der Waals surface area contributed by atoms with Crippen molar-refractivity contribution in [1.82, 2.24) is 14.5 Å². The van der Waals surface area contributed by atoms with Gasteiger partial charge in [0.15, 0.2) is 0 Å². The number of halogens is 1. The molecule has 9 rings (SSSR count). The zero-order chi connectivity index (χ0) is 46.6. The number of rotatable bonds is 4. The Morgan fingerprint density at radius 1 is 0.783 bits per heavy atom. The minimum atomic E-state index is -2.70. The van der Waals surface area contributed by atoms with Crippen LogP contribution >= 0.6 is 0 Å². The first-order chi connectivity index (χ1) is 30.6. The molecule has 0 amide bonds. The number of furan rings is 1. The monoisotopic (exact) mass is 971 g/mol. The summed E-state index contributed by atoms with van der Waals surface area (Å²) in [5, 5.41) is 10.3. The minimum absolute atomic E-state index is 0. The molecule has 0 aliphatic carbocycles. The van der Waals surface area contributed by atoms with Gasteiger partial charge in [0.2, 0.25) is 0 Å². The summed E-state index contributed by atoms with van der Waals surface area (Å²) in [6.07, 6.45) is 1.87. The standard InChI is InChI=1S/C38H30N3O.C15H15FN.Ir/c1-23-15-18-29(36-34(23)28-19-16-27(22-39)24(2)35(28)42-36)37-40-31-13-9-10-14-33(31)41(37)32-20-17-26(21-30(32)38(3,4)5)25-11-7-6-8-12-25;1-15(2,3)12-6-9-14(17-10-12)11-4-7-13(16)8-5-11;/h6-17,19-21H,1-5H3;4,6-10H,1-3H3;/q2*-1;/i1D3,2D3;;. The molecule has 0 N–H and O–H groups in total. The van der Waals surface area contributed by atoms with Gasteiger partial charge in [0.25, 0.3) is 0 Å². The van der Waals surface area contributed by atoms with E-state index in [1.807, 2.05) is 65.4 Å². The third kappa shape index (κ3) is 7.94. The summed E-state index contributed by atoms with van der Waals surface area (Å²) < 4.78 is 70.9. The third-order valence-electron chi connectivity index (χ3n) is 10.5. The molecule has 0 saturated heterocycles. The van der Waals surface area contributed by atoms with Crippen LogP contribution in [0.4, 0.5) is 4.39 Å². The molecule has 0 bridgehead atoms. The summed E-state index contributed by atoms with van der Waals surface area (Å²) in [6, 6.07) is 45.0. The van der Waals surface area contributed by atoms with E-state index in [1.165, 1.54) is 29.8 Å². The Hall–Kier alpha value is -6.19. The van der Waals surface area contributed by atoms with Gasteiger partial charge in [0, 0.05) is 57.0 Å². The molecule has 0 fully saturated rings. The number of pyridine rings is 1. The maximum absolute atomic E-state index is 12.8. The molecule has 60 heavy (non-hydrogen) atoms. The van der Waals surface area contributed by atoms with Crippen molar-refractivity contribution in [2.75, 3.05) is 0 Å². The predicted molar refractivity (Wildman–Crippen MR) is 238 cm³/mol. The van der Waals surface area contributed by atoms with Crippen LogP contribution in [0.1, 0.15) is 77.6 Å². The number of aryl methyl sites for hydroxylation is 2. The van der Waals surface area contributed by atoms with Gasteiger partial charge in [-0.25, -0.2) is 0 Å². The molecule has 6 aromatic carbocycles. The van der Waals surface area contributed by atoms with E-state index in [0.717, 1.165) is 39.2 Å². The second kappa shape index (κ2) is 16.5. The topological polar surface area (TPSA) is 67.6 Å². The molecule has 0 unspecified atom stereocenters. The molecule has 301 valence electrons. The number of fused-ring (bicyclic) bond motifs is 4. The van der Waals surface area contributed by atoms with Crippen molar-refractivity contribution in [2.45, 2.75) is 66.1 Å². The fourth-order valence-electron chi connectivity index (χ4n) is 7.29. The van der Waals surface area contributed by atoms with E-state index in [9.17, 15) is 9.65 Å². The van der Waals surface area contributed by atoms with Crippen LogP contribution in [0.15, 0.2) is 132 Å². The van der Waals surface area contributed by atoms with Crippen molar-refractivity contribution >= 4 is 33.0 Å². The van der Waals surface area contributed by atoms with Crippen LogP contribution < -0.4 is 0 Å². The Bertz CT molecular complexity index is 3260. The van der Waals surface area contributed by atoms with Gasteiger partial charge < -0.3 is 14.0 Å². The second-order valence-corrected chi connectivity index (χ2v) is 16.6. The van der Waals surface area contributed by atoms with Gasteiger partial charge in [-0.2, -0.15) is 5.26 Å². The van der Waals surface area contributed by atoms with E-state index in [4.69, 9.17) is 17.6 Å². The molecule has 0 aliphatic rings. The van der Waals surface area contributed by atoms with E-state index in [0.29, 0.717) is 22.3 Å². The first-order valence-corrected chi connectivity index (χ1v) is 19.3. The summed E-state index contributed by atoms with van der Waals surface area (Å²) >= 11 is 0. The molecule has 0 atom stereocenters. The average molecular weight is 971 g/mol. The van der Waals surface area contributed by atoms with Crippen molar-refractivity contribution in [2.24, 2.45) is 0 Å². The summed E-state index contributed by atoms with van der Waals surface area (Å²) in [5.41, 5.74) is 8.29. The van der Waals surface area contributed by atoms with Gasteiger partial charge in [-0.05, 0) is 76.0 Å². The van der Waals surface area contributed by atoms with E-state index in [2.05, 4.69) is 95.1 Å². The molecule has 0 saturated carbocycles. The number of nitriles is 1. The van der Waals surface area contributed by atoms with Crippen molar-refractivity contribution in [3.8, 4) is 45.5 Å². The molecule has 9 aromatic rings. The van der Waals surface area contributed by atoms with Crippen LogP contribution in [-0.2, 0) is 30.9 Å². The average Bonchev–Trinajstić information content (AvgIpc) is 3.84. The fraction of sp³-hybridized carbons (Fsp3) is 0.189. The Morgan fingerprint density at radius 3 is 2.23 bits per heavy atom. The van der Waals surface area contributed by atoms with Crippen LogP contribution in [0, 0.1) is 43.0 Å². The molecule has 5 nitrogen and oxygen atoms in total. The summed E-state index contributed by atoms with van der Waals surface area (Å²) in [4.78, 5) is 9.44. The van der Waals surface area contributed by atoms with Crippen LogP contribution in [0.3, 0.4) is 0 Å². The smallest absolute Gasteiger partial charge is 0.125 e.